The molecule has 2 fully saturated rings. The van der Waals surface area contributed by atoms with E-state index in [2.05, 4.69) is 10.6 Å². The van der Waals surface area contributed by atoms with Gasteiger partial charge in [-0.2, -0.15) is 0 Å². The second-order valence-electron chi connectivity index (χ2n) is 5.70. The lowest BCUT2D eigenvalue weighted by Gasteiger charge is -2.19. The molecule has 0 radical (unpaired) electrons. The topological polar surface area (TPSA) is 122 Å². The molecule has 0 aromatic heterocycles. The van der Waals surface area contributed by atoms with Crippen LogP contribution < -0.4 is 16.4 Å². The van der Waals surface area contributed by atoms with E-state index in [4.69, 9.17) is 10.8 Å². The van der Waals surface area contributed by atoms with Crippen LogP contribution in [-0.2, 0) is 14.4 Å². The van der Waals surface area contributed by atoms with Crippen molar-refractivity contribution in [1.29, 1.82) is 0 Å². The maximum Gasteiger partial charge on any atom is 0.326 e. The van der Waals surface area contributed by atoms with Crippen LogP contribution in [0.5, 0.6) is 0 Å². The number of amides is 2. The molecule has 0 spiro atoms. The largest absolute Gasteiger partial charge is 0.480 e. The van der Waals surface area contributed by atoms with E-state index in [1.54, 1.807) is 0 Å². The normalized spacial score (nSPS) is 24.9. The Hall–Kier alpha value is -1.63. The summed E-state index contributed by atoms with van der Waals surface area (Å²) in [4.78, 5) is 34.5. The fraction of sp³-hybridized carbons (Fsp3) is 0.769. The summed E-state index contributed by atoms with van der Waals surface area (Å²) in [7, 11) is 0. The number of hydrogen-bond acceptors (Lipinski definition) is 4. The van der Waals surface area contributed by atoms with Crippen LogP contribution in [-0.4, -0.2) is 41.5 Å². The Morgan fingerprint density at radius 2 is 2.05 bits per heavy atom. The molecule has 0 bridgehead atoms. The zero-order valence-corrected chi connectivity index (χ0v) is 11.3. The Morgan fingerprint density at radius 3 is 2.55 bits per heavy atom. The maximum absolute atomic E-state index is 11.9. The minimum absolute atomic E-state index is 0.114. The minimum atomic E-state index is -1.13. The van der Waals surface area contributed by atoms with Crippen LogP contribution in [0.25, 0.3) is 0 Å². The van der Waals surface area contributed by atoms with Gasteiger partial charge in [0.15, 0.2) is 0 Å². The van der Waals surface area contributed by atoms with Gasteiger partial charge in [0.25, 0.3) is 0 Å². The van der Waals surface area contributed by atoms with Crippen molar-refractivity contribution in [3.8, 4) is 0 Å². The smallest absolute Gasteiger partial charge is 0.326 e. The van der Waals surface area contributed by atoms with Gasteiger partial charge >= 0.3 is 5.97 Å². The van der Waals surface area contributed by atoms with Crippen molar-refractivity contribution in [3.63, 3.8) is 0 Å². The van der Waals surface area contributed by atoms with Gasteiger partial charge in [-0.1, -0.05) is 12.8 Å². The van der Waals surface area contributed by atoms with E-state index in [1.165, 1.54) is 0 Å². The van der Waals surface area contributed by atoms with Gasteiger partial charge in [0.1, 0.15) is 6.04 Å². The number of hydrogen-bond donors (Lipinski definition) is 4. The number of carbonyl (C=O) groups excluding carboxylic acids is 2. The first kappa shape index (κ1) is 14.8. The Morgan fingerprint density at radius 1 is 1.35 bits per heavy atom. The highest BCUT2D eigenvalue weighted by atomic mass is 16.4. The predicted octanol–water partition coefficient (Wildman–Crippen LogP) is -0.791. The highest BCUT2D eigenvalue weighted by Gasteiger charge is 2.33. The number of nitrogens with two attached hydrogens (primary N) is 1. The lowest BCUT2D eigenvalue weighted by Crippen LogP contribution is -2.49. The summed E-state index contributed by atoms with van der Waals surface area (Å²) in [6.07, 6.45) is 3.49. The molecule has 1 saturated heterocycles. The lowest BCUT2D eigenvalue weighted by atomic mass is 9.98. The number of carboxylic acid groups (broad SMARTS) is 1. The Bertz CT molecular complexity index is 408. The summed E-state index contributed by atoms with van der Waals surface area (Å²) in [6, 6.07) is -1.72. The number of carbonyl (C=O) groups is 3. The van der Waals surface area contributed by atoms with Crippen molar-refractivity contribution in [2.75, 3.05) is 6.54 Å². The summed E-state index contributed by atoms with van der Waals surface area (Å²) < 4.78 is 0. The van der Waals surface area contributed by atoms with E-state index in [0.29, 0.717) is 25.3 Å². The van der Waals surface area contributed by atoms with E-state index in [0.717, 1.165) is 12.8 Å². The first-order valence-electron chi connectivity index (χ1n) is 7.04. The van der Waals surface area contributed by atoms with Crippen LogP contribution >= 0.6 is 0 Å². The fourth-order valence-electron chi connectivity index (χ4n) is 2.47. The van der Waals surface area contributed by atoms with Crippen LogP contribution in [0.3, 0.4) is 0 Å². The lowest BCUT2D eigenvalue weighted by molar-refractivity contribution is -0.142. The van der Waals surface area contributed by atoms with Gasteiger partial charge in [-0.15, -0.1) is 0 Å². The van der Waals surface area contributed by atoms with Crippen LogP contribution in [0.1, 0.15) is 32.1 Å². The third-order valence-electron chi connectivity index (χ3n) is 3.92. The number of aliphatic carboxylic acids is 1. The minimum Gasteiger partial charge on any atom is -0.480 e. The highest BCUT2D eigenvalue weighted by Crippen LogP contribution is 2.33. The van der Waals surface area contributed by atoms with Crippen molar-refractivity contribution >= 4 is 17.8 Å². The van der Waals surface area contributed by atoms with E-state index < -0.39 is 24.0 Å². The first-order valence-corrected chi connectivity index (χ1v) is 7.04. The number of carboxylic acids is 1. The first-order chi connectivity index (χ1) is 9.47. The van der Waals surface area contributed by atoms with Crippen LogP contribution in [0.4, 0.5) is 0 Å². The molecule has 2 rings (SSSR count). The summed E-state index contributed by atoms with van der Waals surface area (Å²) >= 11 is 0. The maximum atomic E-state index is 11.9. The molecule has 2 aliphatic rings. The van der Waals surface area contributed by atoms with E-state index in [9.17, 15) is 14.4 Å². The number of rotatable bonds is 7. The van der Waals surface area contributed by atoms with Gasteiger partial charge in [-0.05, 0) is 25.2 Å². The van der Waals surface area contributed by atoms with Crippen LogP contribution in [0, 0.1) is 11.8 Å². The van der Waals surface area contributed by atoms with Crippen LogP contribution in [0.2, 0.25) is 0 Å². The molecule has 7 heteroatoms. The quantitative estimate of drug-likeness (QED) is 0.488. The second kappa shape index (κ2) is 6.21. The SMILES string of the molecule is N[C@@H](CC1CC1)C(=O)N[C@@H](C[C@@H]1CCNC1=O)C(=O)O. The second-order valence-corrected chi connectivity index (χ2v) is 5.70. The predicted molar refractivity (Wildman–Crippen MR) is 70.6 cm³/mol. The summed E-state index contributed by atoms with van der Waals surface area (Å²) in [5.41, 5.74) is 5.76. The molecule has 1 aliphatic carbocycles. The zero-order valence-electron chi connectivity index (χ0n) is 11.3. The van der Waals surface area contributed by atoms with Gasteiger partial charge in [-0.3, -0.25) is 9.59 Å². The third kappa shape index (κ3) is 3.93. The number of nitrogens with one attached hydrogen (secondary N) is 2. The standard InChI is InChI=1S/C13H21N3O4/c14-9(5-7-1-2-7)12(18)16-10(13(19)20)6-8-3-4-15-11(8)17/h7-10H,1-6,14H2,(H,15,17)(H,16,18)(H,19,20)/t8-,9-,10-/m0/s1. The monoisotopic (exact) mass is 283 g/mol. The van der Waals surface area contributed by atoms with Crippen molar-refractivity contribution in [2.45, 2.75) is 44.2 Å². The van der Waals surface area contributed by atoms with E-state index in [1.807, 2.05) is 0 Å². The molecule has 5 N–H and O–H groups in total. The molecule has 3 atom stereocenters. The van der Waals surface area contributed by atoms with Gasteiger partial charge in [0.2, 0.25) is 11.8 Å². The highest BCUT2D eigenvalue weighted by molar-refractivity contribution is 5.87. The van der Waals surface area contributed by atoms with Crippen molar-refractivity contribution in [2.24, 2.45) is 17.6 Å². The van der Waals surface area contributed by atoms with Crippen molar-refractivity contribution in [1.82, 2.24) is 10.6 Å². The molecule has 1 heterocycles. The van der Waals surface area contributed by atoms with Gasteiger partial charge in [0, 0.05) is 12.5 Å². The van der Waals surface area contributed by atoms with Gasteiger partial charge < -0.3 is 21.5 Å². The van der Waals surface area contributed by atoms with E-state index >= 15 is 0 Å². The molecule has 2 amide bonds. The average Bonchev–Trinajstić information content (AvgIpc) is 3.11. The van der Waals surface area contributed by atoms with Gasteiger partial charge in [0.05, 0.1) is 6.04 Å². The molecular weight excluding hydrogens is 262 g/mol. The third-order valence-corrected chi connectivity index (χ3v) is 3.92. The average molecular weight is 283 g/mol. The Kier molecular flexibility index (Phi) is 4.59. The van der Waals surface area contributed by atoms with Crippen LogP contribution in [0.15, 0.2) is 0 Å². The summed E-state index contributed by atoms with van der Waals surface area (Å²) in [5.74, 6) is -1.57. The van der Waals surface area contributed by atoms with Gasteiger partial charge in [-0.25, -0.2) is 4.79 Å². The molecule has 0 aromatic rings. The van der Waals surface area contributed by atoms with Crippen molar-refractivity contribution in [3.05, 3.63) is 0 Å². The van der Waals surface area contributed by atoms with E-state index in [-0.39, 0.29) is 18.2 Å². The Labute approximate surface area is 117 Å². The zero-order chi connectivity index (χ0) is 14.7. The Balaban J connectivity index is 1.85. The molecular formula is C13H21N3O4. The molecule has 0 aromatic carbocycles. The fourth-order valence-corrected chi connectivity index (χ4v) is 2.47. The molecule has 20 heavy (non-hydrogen) atoms. The molecule has 1 aliphatic heterocycles. The molecule has 112 valence electrons. The molecule has 7 nitrogen and oxygen atoms in total. The molecule has 1 saturated carbocycles. The van der Waals surface area contributed by atoms with Crippen molar-refractivity contribution < 1.29 is 19.5 Å². The summed E-state index contributed by atoms with van der Waals surface area (Å²) in [5, 5.41) is 14.3. The summed E-state index contributed by atoms with van der Waals surface area (Å²) in [6.45, 7) is 0.560. The molecule has 0 unspecified atom stereocenters.